The molecule has 0 saturated heterocycles. The van der Waals surface area contributed by atoms with Crippen LogP contribution < -0.4 is 19.9 Å². The highest BCUT2D eigenvalue weighted by Crippen LogP contribution is 2.35. The Morgan fingerprint density at radius 1 is 1.14 bits per heavy atom. The van der Waals surface area contributed by atoms with Crippen LogP contribution in [0.1, 0.15) is 5.56 Å². The van der Waals surface area contributed by atoms with Crippen LogP contribution in [0.25, 0.3) is 0 Å². The van der Waals surface area contributed by atoms with Crippen molar-refractivity contribution in [1.29, 1.82) is 0 Å². The molecule has 0 aromatic heterocycles. The van der Waals surface area contributed by atoms with Gasteiger partial charge in [-0.25, -0.2) is 0 Å². The molecule has 0 radical (unpaired) electrons. The Kier molecular flexibility index (Phi) is 4.12. The van der Waals surface area contributed by atoms with Crippen LogP contribution in [0, 0.1) is 0 Å². The van der Waals surface area contributed by atoms with Crippen LogP contribution in [0.2, 0.25) is 5.02 Å². The van der Waals surface area contributed by atoms with Crippen molar-refractivity contribution in [3.8, 4) is 17.2 Å². The van der Waals surface area contributed by atoms with E-state index in [0.717, 1.165) is 10.0 Å². The van der Waals surface area contributed by atoms with Crippen molar-refractivity contribution in [3.05, 3.63) is 45.4 Å². The smallest absolute Gasteiger partial charge is 0.163 e. The van der Waals surface area contributed by atoms with E-state index in [4.69, 9.17) is 31.5 Å². The Bertz CT molecular complexity index is 678. The van der Waals surface area contributed by atoms with Crippen LogP contribution in [0.4, 0.5) is 5.69 Å². The lowest BCUT2D eigenvalue weighted by molar-refractivity contribution is 0.171. The van der Waals surface area contributed by atoms with Crippen LogP contribution in [0.3, 0.4) is 0 Å². The average Bonchev–Trinajstić information content (AvgIpc) is 2.48. The summed E-state index contributed by atoms with van der Waals surface area (Å²) in [5.74, 6) is 1.96. The summed E-state index contributed by atoms with van der Waals surface area (Å²) >= 11 is 9.48. The molecule has 2 N–H and O–H groups in total. The molecule has 0 unspecified atom stereocenters. The fraction of sp³-hybridized carbons (Fsp3) is 0.200. The summed E-state index contributed by atoms with van der Waals surface area (Å²) in [7, 11) is 0. The Hall–Kier alpha value is -1.59. The number of rotatable bonds is 3. The lowest BCUT2D eigenvalue weighted by Crippen LogP contribution is -2.16. The van der Waals surface area contributed by atoms with Crippen LogP contribution in [-0.4, -0.2) is 13.2 Å². The second-order valence-electron chi connectivity index (χ2n) is 4.56. The van der Waals surface area contributed by atoms with Gasteiger partial charge in [0, 0.05) is 21.8 Å². The minimum Gasteiger partial charge on any atom is -0.487 e. The fourth-order valence-electron chi connectivity index (χ4n) is 2.01. The predicted molar refractivity (Wildman–Crippen MR) is 85.3 cm³/mol. The van der Waals surface area contributed by atoms with Crippen molar-refractivity contribution in [2.45, 2.75) is 6.61 Å². The summed E-state index contributed by atoms with van der Waals surface area (Å²) in [6.07, 6.45) is 0. The van der Waals surface area contributed by atoms with E-state index >= 15 is 0 Å². The molecule has 0 bridgehead atoms. The zero-order valence-corrected chi connectivity index (χ0v) is 13.4. The first-order valence-electron chi connectivity index (χ1n) is 6.39. The van der Waals surface area contributed by atoms with Gasteiger partial charge in [-0.05, 0) is 24.3 Å². The molecule has 1 heterocycles. The molecule has 6 heteroatoms. The Morgan fingerprint density at radius 2 is 1.86 bits per heavy atom. The molecule has 21 heavy (non-hydrogen) atoms. The van der Waals surface area contributed by atoms with Gasteiger partial charge in [-0.15, -0.1) is 0 Å². The molecule has 2 aromatic rings. The zero-order chi connectivity index (χ0) is 14.8. The molecule has 0 atom stereocenters. The number of nitrogens with two attached hydrogens (primary N) is 1. The maximum Gasteiger partial charge on any atom is 0.163 e. The third-order valence-electron chi connectivity index (χ3n) is 3.08. The van der Waals surface area contributed by atoms with E-state index in [0.29, 0.717) is 47.8 Å². The molecule has 0 spiro atoms. The SMILES string of the molecule is Nc1cc2c(cc1COc1cc(Br)ccc1Cl)OCCO2. The van der Waals surface area contributed by atoms with Crippen molar-refractivity contribution in [3.63, 3.8) is 0 Å². The fourth-order valence-corrected chi connectivity index (χ4v) is 2.53. The summed E-state index contributed by atoms with van der Waals surface area (Å²) in [4.78, 5) is 0. The number of fused-ring (bicyclic) bond motifs is 1. The molecule has 1 aliphatic rings. The quantitative estimate of drug-likeness (QED) is 0.829. The molecule has 3 rings (SSSR count). The first kappa shape index (κ1) is 14.4. The van der Waals surface area contributed by atoms with E-state index in [-0.39, 0.29) is 0 Å². The van der Waals surface area contributed by atoms with E-state index in [1.807, 2.05) is 18.2 Å². The third-order valence-corrected chi connectivity index (χ3v) is 3.89. The lowest BCUT2D eigenvalue weighted by atomic mass is 10.1. The molecule has 0 saturated carbocycles. The Morgan fingerprint density at radius 3 is 2.62 bits per heavy atom. The lowest BCUT2D eigenvalue weighted by Gasteiger charge is -2.20. The van der Waals surface area contributed by atoms with Gasteiger partial charge in [0.05, 0.1) is 5.02 Å². The number of ether oxygens (including phenoxy) is 3. The normalized spacial score (nSPS) is 13.0. The highest BCUT2D eigenvalue weighted by atomic mass is 79.9. The zero-order valence-electron chi connectivity index (χ0n) is 11.1. The molecule has 4 nitrogen and oxygen atoms in total. The number of nitrogen functional groups attached to an aromatic ring is 1. The van der Waals surface area contributed by atoms with Crippen molar-refractivity contribution < 1.29 is 14.2 Å². The summed E-state index contributed by atoms with van der Waals surface area (Å²) in [5, 5.41) is 0.550. The largest absolute Gasteiger partial charge is 0.487 e. The molecular weight excluding hydrogens is 358 g/mol. The minimum atomic E-state index is 0.304. The van der Waals surface area contributed by atoms with Gasteiger partial charge in [-0.3, -0.25) is 0 Å². The maximum absolute atomic E-state index is 6.10. The average molecular weight is 371 g/mol. The highest BCUT2D eigenvalue weighted by molar-refractivity contribution is 9.10. The van der Waals surface area contributed by atoms with Gasteiger partial charge in [0.1, 0.15) is 25.6 Å². The molecule has 1 aliphatic heterocycles. The van der Waals surface area contributed by atoms with E-state index < -0.39 is 0 Å². The van der Waals surface area contributed by atoms with Crippen molar-refractivity contribution in [2.24, 2.45) is 0 Å². The third kappa shape index (κ3) is 3.19. The summed E-state index contributed by atoms with van der Waals surface area (Å²) in [5.41, 5.74) is 7.45. The molecule has 110 valence electrons. The molecule has 0 amide bonds. The van der Waals surface area contributed by atoms with Gasteiger partial charge in [-0.2, -0.15) is 0 Å². The van der Waals surface area contributed by atoms with Gasteiger partial charge >= 0.3 is 0 Å². The summed E-state index contributed by atoms with van der Waals surface area (Å²) < 4.78 is 17.7. The van der Waals surface area contributed by atoms with Gasteiger partial charge in [0.15, 0.2) is 11.5 Å². The van der Waals surface area contributed by atoms with Gasteiger partial charge in [0.2, 0.25) is 0 Å². The van der Waals surface area contributed by atoms with Crippen LogP contribution in [0.15, 0.2) is 34.8 Å². The second kappa shape index (κ2) is 6.03. The predicted octanol–water partition coefficient (Wildman–Crippen LogP) is 4.03. The van der Waals surface area contributed by atoms with Gasteiger partial charge in [-0.1, -0.05) is 27.5 Å². The topological polar surface area (TPSA) is 53.7 Å². The molecular formula is C15H13BrClNO3. The second-order valence-corrected chi connectivity index (χ2v) is 5.88. The van der Waals surface area contributed by atoms with Crippen LogP contribution in [-0.2, 0) is 6.61 Å². The summed E-state index contributed by atoms with van der Waals surface area (Å²) in [6.45, 7) is 1.38. The van der Waals surface area contributed by atoms with Crippen LogP contribution in [0.5, 0.6) is 17.2 Å². The van der Waals surface area contributed by atoms with E-state index in [1.165, 1.54) is 0 Å². The monoisotopic (exact) mass is 369 g/mol. The number of hydrogen-bond donors (Lipinski definition) is 1. The summed E-state index contributed by atoms with van der Waals surface area (Å²) in [6, 6.07) is 9.05. The number of hydrogen-bond acceptors (Lipinski definition) is 4. The minimum absolute atomic E-state index is 0.304. The highest BCUT2D eigenvalue weighted by Gasteiger charge is 2.15. The standard InChI is InChI=1S/C15H13BrClNO3/c16-10-1-2-11(17)13(6-10)21-8-9-5-14-15(7-12(9)18)20-4-3-19-14/h1-2,5-7H,3-4,8,18H2. The van der Waals surface area contributed by atoms with Gasteiger partial charge < -0.3 is 19.9 Å². The molecule has 2 aromatic carbocycles. The van der Waals surface area contributed by atoms with Crippen molar-refractivity contribution in [2.75, 3.05) is 18.9 Å². The van der Waals surface area contributed by atoms with Crippen molar-refractivity contribution >= 4 is 33.2 Å². The number of halogens is 2. The first-order valence-corrected chi connectivity index (χ1v) is 7.56. The van der Waals surface area contributed by atoms with Crippen molar-refractivity contribution in [1.82, 2.24) is 0 Å². The Balaban J connectivity index is 1.80. The van der Waals surface area contributed by atoms with Crippen LogP contribution >= 0.6 is 27.5 Å². The maximum atomic E-state index is 6.10. The number of benzene rings is 2. The molecule has 0 fully saturated rings. The first-order chi connectivity index (χ1) is 10.1. The van der Waals surface area contributed by atoms with E-state index in [1.54, 1.807) is 12.1 Å². The number of anilines is 1. The van der Waals surface area contributed by atoms with Gasteiger partial charge in [0.25, 0.3) is 0 Å². The Labute approximate surface area is 135 Å². The van der Waals surface area contributed by atoms with E-state index in [9.17, 15) is 0 Å². The van der Waals surface area contributed by atoms with E-state index in [2.05, 4.69) is 15.9 Å². The molecule has 0 aliphatic carbocycles.